The van der Waals surface area contributed by atoms with E-state index < -0.39 is 23.9 Å². The fourth-order valence-corrected chi connectivity index (χ4v) is 4.57. The zero-order valence-corrected chi connectivity index (χ0v) is 20.1. The maximum absolute atomic E-state index is 12.6. The van der Waals surface area contributed by atoms with Crippen LogP contribution >= 0.6 is 0 Å². The first-order chi connectivity index (χ1) is 17.3. The van der Waals surface area contributed by atoms with Crippen LogP contribution in [0.5, 0.6) is 0 Å². The van der Waals surface area contributed by atoms with E-state index in [9.17, 15) is 24.0 Å². The van der Waals surface area contributed by atoms with Crippen molar-refractivity contribution in [1.29, 1.82) is 0 Å². The van der Waals surface area contributed by atoms with Crippen LogP contribution < -0.4 is 10.6 Å². The molecule has 1 aliphatic carbocycles. The van der Waals surface area contributed by atoms with E-state index in [4.69, 9.17) is 9.57 Å². The van der Waals surface area contributed by atoms with E-state index in [1.54, 1.807) is 19.2 Å². The number of hydroxylamine groups is 2. The van der Waals surface area contributed by atoms with Crippen LogP contribution in [0.2, 0.25) is 0 Å². The van der Waals surface area contributed by atoms with E-state index >= 15 is 0 Å². The van der Waals surface area contributed by atoms with Gasteiger partial charge in [0.2, 0.25) is 5.91 Å². The van der Waals surface area contributed by atoms with Gasteiger partial charge in [-0.2, -0.15) is 0 Å². The zero-order valence-electron chi connectivity index (χ0n) is 20.1. The van der Waals surface area contributed by atoms with Gasteiger partial charge < -0.3 is 15.4 Å². The molecule has 4 rings (SSSR count). The molecule has 1 unspecified atom stereocenters. The summed E-state index contributed by atoms with van der Waals surface area (Å²) in [4.78, 5) is 65.1. The van der Waals surface area contributed by atoms with E-state index in [-0.39, 0.29) is 31.3 Å². The first-order valence-corrected chi connectivity index (χ1v) is 11.8. The van der Waals surface area contributed by atoms with Gasteiger partial charge in [0.1, 0.15) is 6.61 Å². The Morgan fingerprint density at radius 1 is 1.06 bits per heavy atom. The quantitative estimate of drug-likeness (QED) is 0.427. The van der Waals surface area contributed by atoms with E-state index in [1.807, 2.05) is 31.2 Å². The van der Waals surface area contributed by atoms with Crippen LogP contribution in [0.1, 0.15) is 59.2 Å². The van der Waals surface area contributed by atoms with Crippen LogP contribution in [0.15, 0.2) is 36.4 Å². The van der Waals surface area contributed by atoms with E-state index in [0.29, 0.717) is 30.0 Å². The molecular weight excluding hydrogens is 466 g/mol. The van der Waals surface area contributed by atoms with Crippen molar-refractivity contribution in [1.82, 2.24) is 15.7 Å². The van der Waals surface area contributed by atoms with Gasteiger partial charge in [-0.1, -0.05) is 35.4 Å². The lowest BCUT2D eigenvalue weighted by molar-refractivity contribution is -0.177. The summed E-state index contributed by atoms with van der Waals surface area (Å²) in [5.41, 5.74) is 4.63. The summed E-state index contributed by atoms with van der Waals surface area (Å²) >= 11 is 0. The standard InChI is InChI=1S/C26H27N3O7/c1-3-28-21(30)10-8-15-7-9-17-19(13-15)20(16-5-4-6-18(24(16)17)25(33)27-2)14-35-26(34)36-29-22(31)11-12-23(29)32/h4-7,9,13,20H,3,8,10-12,14H2,1-2H3,(H,27,33)(H,28,30). The van der Waals surface area contributed by atoms with Crippen molar-refractivity contribution in [2.45, 2.75) is 38.5 Å². The zero-order chi connectivity index (χ0) is 25.8. The lowest BCUT2D eigenvalue weighted by Crippen LogP contribution is -2.32. The SMILES string of the molecule is CCNC(=O)CCc1ccc2c(c1)C(COC(=O)ON1C(=O)CCC1=O)c1cccc(C(=O)NC)c1-2. The highest BCUT2D eigenvalue weighted by Crippen LogP contribution is 2.47. The highest BCUT2D eigenvalue weighted by molar-refractivity contribution is 6.03. The molecular formula is C26H27N3O7. The Labute approximate surface area is 207 Å². The number of carbonyl (C=O) groups is 5. The van der Waals surface area contributed by atoms with Crippen molar-refractivity contribution in [3.63, 3.8) is 0 Å². The molecule has 4 amide bonds. The number of aryl methyl sites for hydroxylation is 1. The fourth-order valence-electron chi connectivity index (χ4n) is 4.57. The summed E-state index contributed by atoms with van der Waals surface area (Å²) < 4.78 is 5.32. The first kappa shape index (κ1) is 24.9. The molecule has 10 nitrogen and oxygen atoms in total. The highest BCUT2D eigenvalue weighted by atomic mass is 16.8. The summed E-state index contributed by atoms with van der Waals surface area (Å²) in [5.74, 6) is -1.90. The molecule has 0 spiro atoms. The summed E-state index contributed by atoms with van der Waals surface area (Å²) in [5, 5.41) is 5.87. The minimum absolute atomic E-state index is 0.0170. The Hall–Kier alpha value is -4.21. The van der Waals surface area contributed by atoms with Crippen molar-refractivity contribution in [2.24, 2.45) is 0 Å². The highest BCUT2D eigenvalue weighted by Gasteiger charge is 2.36. The Morgan fingerprint density at radius 2 is 1.81 bits per heavy atom. The van der Waals surface area contributed by atoms with Gasteiger partial charge in [0.05, 0.1) is 0 Å². The molecule has 1 fully saturated rings. The summed E-state index contributed by atoms with van der Waals surface area (Å²) in [6, 6.07) is 11.1. The molecule has 2 aromatic rings. The molecule has 0 bridgehead atoms. The molecule has 1 saturated heterocycles. The number of hydrogen-bond acceptors (Lipinski definition) is 7. The van der Waals surface area contributed by atoms with Crippen molar-refractivity contribution in [3.8, 4) is 11.1 Å². The van der Waals surface area contributed by atoms with E-state index in [1.165, 1.54) is 0 Å². The van der Waals surface area contributed by atoms with Gasteiger partial charge in [0.25, 0.3) is 17.7 Å². The number of amides is 4. The Balaban J connectivity index is 1.60. The molecule has 1 aliphatic heterocycles. The lowest BCUT2D eigenvalue weighted by atomic mass is 9.95. The third-order valence-corrected chi connectivity index (χ3v) is 6.26. The molecule has 1 atom stereocenters. The van der Waals surface area contributed by atoms with Crippen LogP contribution in [0, 0.1) is 0 Å². The largest absolute Gasteiger partial charge is 0.533 e. The van der Waals surface area contributed by atoms with Crippen LogP contribution in [0.3, 0.4) is 0 Å². The Morgan fingerprint density at radius 3 is 2.50 bits per heavy atom. The molecule has 36 heavy (non-hydrogen) atoms. The van der Waals surface area contributed by atoms with Crippen molar-refractivity contribution >= 4 is 29.8 Å². The average Bonchev–Trinajstić information content (AvgIpc) is 3.36. The summed E-state index contributed by atoms with van der Waals surface area (Å²) in [7, 11) is 1.56. The number of hydrogen-bond donors (Lipinski definition) is 2. The number of imide groups is 1. The van der Waals surface area contributed by atoms with Gasteiger partial charge in [0.15, 0.2) is 0 Å². The molecule has 188 valence electrons. The molecule has 2 aromatic carbocycles. The molecule has 0 saturated carbocycles. The number of carbonyl (C=O) groups excluding carboxylic acids is 5. The Bertz CT molecular complexity index is 1220. The lowest BCUT2D eigenvalue weighted by Gasteiger charge is -2.17. The number of rotatable bonds is 8. The minimum atomic E-state index is -1.16. The van der Waals surface area contributed by atoms with E-state index in [0.717, 1.165) is 27.8 Å². The van der Waals surface area contributed by atoms with Crippen LogP contribution in [-0.2, 0) is 30.4 Å². The van der Waals surface area contributed by atoms with Crippen LogP contribution in [-0.4, -0.2) is 55.0 Å². The average molecular weight is 494 g/mol. The molecule has 10 heteroatoms. The minimum Gasteiger partial charge on any atom is -0.432 e. The maximum atomic E-state index is 12.6. The van der Waals surface area contributed by atoms with Crippen molar-refractivity contribution in [3.05, 3.63) is 58.7 Å². The number of ether oxygens (including phenoxy) is 1. The second-order valence-electron chi connectivity index (χ2n) is 8.51. The maximum Gasteiger partial charge on any atom is 0.533 e. The number of nitrogens with zero attached hydrogens (tertiary/aromatic N) is 1. The molecule has 2 aliphatic rings. The topological polar surface area (TPSA) is 131 Å². The molecule has 0 radical (unpaired) electrons. The number of benzene rings is 2. The number of fused-ring (bicyclic) bond motifs is 3. The molecule has 0 aromatic heterocycles. The third kappa shape index (κ3) is 4.93. The summed E-state index contributed by atoms with van der Waals surface area (Å²) in [6.07, 6.45) is -0.349. The van der Waals surface area contributed by atoms with Crippen molar-refractivity contribution < 1.29 is 33.5 Å². The molecule has 2 N–H and O–H groups in total. The fraction of sp³-hybridized carbons (Fsp3) is 0.346. The van der Waals surface area contributed by atoms with Gasteiger partial charge in [-0.3, -0.25) is 24.0 Å². The van der Waals surface area contributed by atoms with Crippen molar-refractivity contribution in [2.75, 3.05) is 20.2 Å². The van der Waals surface area contributed by atoms with Crippen LogP contribution in [0.25, 0.3) is 11.1 Å². The molecule has 1 heterocycles. The predicted molar refractivity (Wildman–Crippen MR) is 128 cm³/mol. The van der Waals surface area contributed by atoms with Gasteiger partial charge in [-0.25, -0.2) is 4.79 Å². The normalized spacial score (nSPS) is 15.8. The predicted octanol–water partition coefficient (Wildman–Crippen LogP) is 2.44. The third-order valence-electron chi connectivity index (χ3n) is 6.26. The van der Waals surface area contributed by atoms with Gasteiger partial charge in [0, 0.05) is 44.3 Å². The van der Waals surface area contributed by atoms with Gasteiger partial charge in [-0.15, -0.1) is 0 Å². The smallest absolute Gasteiger partial charge is 0.432 e. The Kier molecular flexibility index (Phi) is 7.33. The first-order valence-electron chi connectivity index (χ1n) is 11.8. The second kappa shape index (κ2) is 10.6. The summed E-state index contributed by atoms with van der Waals surface area (Å²) in [6.45, 7) is 2.29. The van der Waals surface area contributed by atoms with Gasteiger partial charge in [-0.05, 0) is 47.2 Å². The number of nitrogens with one attached hydrogen (secondary N) is 2. The van der Waals surface area contributed by atoms with E-state index in [2.05, 4.69) is 10.6 Å². The second-order valence-corrected chi connectivity index (χ2v) is 8.51. The monoisotopic (exact) mass is 493 g/mol. The van der Waals surface area contributed by atoms with Gasteiger partial charge >= 0.3 is 6.16 Å². The van der Waals surface area contributed by atoms with Crippen LogP contribution in [0.4, 0.5) is 4.79 Å².